The molecule has 4 heteroatoms. The Balaban J connectivity index is 1.71. The van der Waals surface area contributed by atoms with Crippen molar-refractivity contribution in [2.45, 2.75) is 71.4 Å². The van der Waals surface area contributed by atoms with Gasteiger partial charge in [0, 0.05) is 17.2 Å². The summed E-state index contributed by atoms with van der Waals surface area (Å²) in [5.74, 6) is 1.55. The number of hydrogen-bond donors (Lipinski definition) is 1. The summed E-state index contributed by atoms with van der Waals surface area (Å²) in [4.78, 5) is 12.6. The monoisotopic (exact) mass is 395 g/mol. The van der Waals surface area contributed by atoms with Crippen molar-refractivity contribution in [1.29, 1.82) is 0 Å². The number of benzene rings is 2. The molecule has 0 saturated heterocycles. The van der Waals surface area contributed by atoms with E-state index in [1.54, 1.807) is 0 Å². The van der Waals surface area contributed by atoms with Crippen molar-refractivity contribution < 1.29 is 14.3 Å². The predicted molar refractivity (Wildman–Crippen MR) is 117 cm³/mol. The zero-order valence-electron chi connectivity index (χ0n) is 18.1. The zero-order chi connectivity index (χ0) is 20.9. The number of carbonyl (C=O) groups is 1. The molecule has 0 radical (unpaired) electrons. The second kappa shape index (κ2) is 9.34. The van der Waals surface area contributed by atoms with E-state index in [2.05, 4.69) is 38.2 Å². The fourth-order valence-corrected chi connectivity index (χ4v) is 3.68. The van der Waals surface area contributed by atoms with Gasteiger partial charge in [-0.2, -0.15) is 0 Å². The lowest BCUT2D eigenvalue weighted by molar-refractivity contribution is 0.0937. The van der Waals surface area contributed by atoms with Gasteiger partial charge in [0.15, 0.2) is 0 Å². The summed E-state index contributed by atoms with van der Waals surface area (Å²) >= 11 is 0. The quantitative estimate of drug-likeness (QED) is 0.660. The highest BCUT2D eigenvalue weighted by molar-refractivity contribution is 5.94. The molecule has 29 heavy (non-hydrogen) atoms. The van der Waals surface area contributed by atoms with E-state index in [0.29, 0.717) is 24.8 Å². The van der Waals surface area contributed by atoms with Gasteiger partial charge in [0.25, 0.3) is 5.91 Å². The first-order chi connectivity index (χ1) is 13.9. The molecule has 2 aromatic carbocycles. The molecule has 0 atom stereocenters. The van der Waals surface area contributed by atoms with Gasteiger partial charge in [-0.15, -0.1) is 0 Å². The standard InChI is InChI=1S/C25H33NO3/c1-5-28-23-15-10-18(24(27)26-21-8-6-7-9-21)16-19(23)17-29-22-13-11-20(12-14-22)25(2,3)4/h10-16,21H,5-9,17H2,1-4H3,(H,26,27). The Hall–Kier alpha value is -2.49. The van der Waals surface area contributed by atoms with E-state index in [1.165, 1.54) is 18.4 Å². The average molecular weight is 396 g/mol. The Morgan fingerprint density at radius 2 is 1.72 bits per heavy atom. The second-order valence-corrected chi connectivity index (χ2v) is 8.77. The number of nitrogens with one attached hydrogen (secondary N) is 1. The van der Waals surface area contributed by atoms with Crippen molar-refractivity contribution in [1.82, 2.24) is 5.32 Å². The number of hydrogen-bond acceptors (Lipinski definition) is 3. The third kappa shape index (κ3) is 5.75. The van der Waals surface area contributed by atoms with Gasteiger partial charge in [-0.05, 0) is 61.1 Å². The number of rotatable bonds is 7. The van der Waals surface area contributed by atoms with Crippen molar-refractivity contribution in [3.8, 4) is 11.5 Å². The molecule has 0 aromatic heterocycles. The maximum atomic E-state index is 12.6. The van der Waals surface area contributed by atoms with Crippen molar-refractivity contribution >= 4 is 5.91 Å². The lowest BCUT2D eigenvalue weighted by atomic mass is 9.87. The van der Waals surface area contributed by atoms with Crippen LogP contribution in [0.1, 0.15) is 74.9 Å². The molecule has 2 aromatic rings. The van der Waals surface area contributed by atoms with Crippen LogP contribution in [0.2, 0.25) is 0 Å². The fourth-order valence-electron chi connectivity index (χ4n) is 3.68. The summed E-state index contributed by atoms with van der Waals surface area (Å²) < 4.78 is 11.7. The molecule has 1 aliphatic rings. The zero-order valence-corrected chi connectivity index (χ0v) is 18.1. The Morgan fingerprint density at radius 3 is 2.34 bits per heavy atom. The molecule has 1 fully saturated rings. The third-order valence-corrected chi connectivity index (χ3v) is 5.43. The van der Waals surface area contributed by atoms with E-state index < -0.39 is 0 Å². The number of ether oxygens (including phenoxy) is 2. The SMILES string of the molecule is CCOc1ccc(C(=O)NC2CCCC2)cc1COc1ccc(C(C)(C)C)cc1. The van der Waals surface area contributed by atoms with Crippen molar-refractivity contribution in [2.75, 3.05) is 6.61 Å². The van der Waals surface area contributed by atoms with Crippen molar-refractivity contribution in [3.05, 3.63) is 59.2 Å². The van der Waals surface area contributed by atoms with E-state index in [4.69, 9.17) is 9.47 Å². The van der Waals surface area contributed by atoms with Crippen LogP contribution in [0.3, 0.4) is 0 Å². The van der Waals surface area contributed by atoms with E-state index in [-0.39, 0.29) is 11.3 Å². The molecule has 0 aliphatic heterocycles. The topological polar surface area (TPSA) is 47.6 Å². The average Bonchev–Trinajstić information content (AvgIpc) is 3.20. The van der Waals surface area contributed by atoms with Gasteiger partial charge in [0.05, 0.1) is 6.61 Å². The van der Waals surface area contributed by atoms with Gasteiger partial charge in [-0.1, -0.05) is 45.7 Å². The van der Waals surface area contributed by atoms with Crippen LogP contribution in [-0.2, 0) is 12.0 Å². The fraction of sp³-hybridized carbons (Fsp3) is 0.480. The van der Waals surface area contributed by atoms with Crippen LogP contribution in [0, 0.1) is 0 Å². The van der Waals surface area contributed by atoms with E-state index >= 15 is 0 Å². The number of amides is 1. The summed E-state index contributed by atoms with van der Waals surface area (Å²) in [7, 11) is 0. The summed E-state index contributed by atoms with van der Waals surface area (Å²) in [5.41, 5.74) is 2.92. The molecule has 1 N–H and O–H groups in total. The molecule has 1 aliphatic carbocycles. The largest absolute Gasteiger partial charge is 0.493 e. The summed E-state index contributed by atoms with van der Waals surface area (Å²) in [5, 5.41) is 3.15. The molecule has 3 rings (SSSR count). The summed E-state index contributed by atoms with van der Waals surface area (Å²) in [6.07, 6.45) is 4.54. The van der Waals surface area contributed by atoms with Gasteiger partial charge < -0.3 is 14.8 Å². The molecular weight excluding hydrogens is 362 g/mol. The lowest BCUT2D eigenvalue weighted by Crippen LogP contribution is -2.32. The number of carbonyl (C=O) groups excluding carboxylic acids is 1. The molecule has 1 amide bonds. The summed E-state index contributed by atoms with van der Waals surface area (Å²) in [6, 6.07) is 14.1. The van der Waals surface area contributed by atoms with Crippen LogP contribution in [0.4, 0.5) is 0 Å². The maximum Gasteiger partial charge on any atom is 0.251 e. The Labute approximate surface area is 174 Å². The maximum absolute atomic E-state index is 12.6. The predicted octanol–water partition coefficient (Wildman–Crippen LogP) is 5.63. The van der Waals surface area contributed by atoms with Crippen LogP contribution in [0.15, 0.2) is 42.5 Å². The molecular formula is C25H33NO3. The Kier molecular flexibility index (Phi) is 6.83. The van der Waals surface area contributed by atoms with E-state index in [9.17, 15) is 4.79 Å². The molecule has 4 nitrogen and oxygen atoms in total. The Bertz CT molecular complexity index is 815. The van der Waals surface area contributed by atoms with Gasteiger partial charge in [0.2, 0.25) is 0 Å². The minimum Gasteiger partial charge on any atom is -0.493 e. The van der Waals surface area contributed by atoms with E-state index in [1.807, 2.05) is 37.3 Å². The first-order valence-corrected chi connectivity index (χ1v) is 10.7. The van der Waals surface area contributed by atoms with Gasteiger partial charge in [0.1, 0.15) is 18.1 Å². The van der Waals surface area contributed by atoms with Crippen LogP contribution in [-0.4, -0.2) is 18.6 Å². The van der Waals surface area contributed by atoms with Crippen LogP contribution in [0.5, 0.6) is 11.5 Å². The lowest BCUT2D eigenvalue weighted by Gasteiger charge is -2.19. The highest BCUT2D eigenvalue weighted by Gasteiger charge is 2.19. The third-order valence-electron chi connectivity index (χ3n) is 5.43. The first-order valence-electron chi connectivity index (χ1n) is 10.7. The van der Waals surface area contributed by atoms with Crippen molar-refractivity contribution in [2.24, 2.45) is 0 Å². The molecule has 1 saturated carbocycles. The van der Waals surface area contributed by atoms with Gasteiger partial charge in [-0.25, -0.2) is 0 Å². The normalized spacial score (nSPS) is 14.6. The van der Waals surface area contributed by atoms with Crippen LogP contribution >= 0.6 is 0 Å². The Morgan fingerprint density at radius 1 is 1.03 bits per heavy atom. The highest BCUT2D eigenvalue weighted by atomic mass is 16.5. The molecule has 0 bridgehead atoms. The molecule has 0 unspecified atom stereocenters. The molecule has 0 spiro atoms. The molecule has 0 heterocycles. The van der Waals surface area contributed by atoms with Crippen molar-refractivity contribution in [3.63, 3.8) is 0 Å². The molecule has 156 valence electrons. The summed E-state index contributed by atoms with van der Waals surface area (Å²) in [6.45, 7) is 9.46. The van der Waals surface area contributed by atoms with Gasteiger partial charge >= 0.3 is 0 Å². The first kappa shape index (κ1) is 21.2. The van der Waals surface area contributed by atoms with Crippen LogP contribution in [0.25, 0.3) is 0 Å². The van der Waals surface area contributed by atoms with Crippen LogP contribution < -0.4 is 14.8 Å². The minimum atomic E-state index is -0.0178. The highest BCUT2D eigenvalue weighted by Crippen LogP contribution is 2.26. The van der Waals surface area contributed by atoms with E-state index in [0.717, 1.165) is 29.9 Å². The smallest absolute Gasteiger partial charge is 0.251 e. The minimum absolute atomic E-state index is 0.0178. The second-order valence-electron chi connectivity index (χ2n) is 8.77. The van der Waals surface area contributed by atoms with Gasteiger partial charge in [-0.3, -0.25) is 4.79 Å².